The minimum atomic E-state index is 0.293. The molecule has 0 N–H and O–H groups in total. The Kier molecular flexibility index (Phi) is 4.26. The van der Waals surface area contributed by atoms with Crippen LogP contribution in [0.1, 0.15) is 25.0 Å². The lowest BCUT2D eigenvalue weighted by Crippen LogP contribution is -2.39. The lowest BCUT2D eigenvalue weighted by atomic mass is 10.3. The number of hydrogen-bond acceptors (Lipinski definition) is 6. The minimum absolute atomic E-state index is 0.293. The van der Waals surface area contributed by atoms with Crippen LogP contribution in [0.4, 0.5) is 5.13 Å². The fourth-order valence-electron chi connectivity index (χ4n) is 3.64. The van der Waals surface area contributed by atoms with E-state index < -0.39 is 0 Å². The number of hydrogen-bond donors (Lipinski definition) is 0. The van der Waals surface area contributed by atoms with Crippen LogP contribution >= 0.6 is 11.3 Å². The highest BCUT2D eigenvalue weighted by Crippen LogP contribution is 2.31. The average molecular weight is 335 g/mol. The van der Waals surface area contributed by atoms with Crippen molar-refractivity contribution in [3.05, 3.63) is 5.69 Å². The molecule has 7 heteroatoms. The molecule has 126 valence electrons. The Morgan fingerprint density at radius 3 is 2.83 bits per heavy atom. The molecule has 2 saturated heterocycles. The van der Waals surface area contributed by atoms with Gasteiger partial charge in [-0.2, -0.15) is 5.10 Å². The van der Waals surface area contributed by atoms with Gasteiger partial charge in [-0.1, -0.05) is 11.3 Å². The van der Waals surface area contributed by atoms with Crippen LogP contribution in [0.25, 0.3) is 10.3 Å². The predicted molar refractivity (Wildman–Crippen MR) is 93.4 cm³/mol. The van der Waals surface area contributed by atoms with Crippen molar-refractivity contribution in [3.8, 4) is 0 Å². The Morgan fingerprint density at radius 2 is 2.04 bits per heavy atom. The van der Waals surface area contributed by atoms with Crippen LogP contribution in [-0.4, -0.2) is 65.1 Å². The Hall–Kier alpha value is -1.18. The summed E-state index contributed by atoms with van der Waals surface area (Å²) in [5.74, 6) is 0. The molecule has 2 aliphatic rings. The van der Waals surface area contributed by atoms with E-state index in [0.717, 1.165) is 49.1 Å². The third kappa shape index (κ3) is 3.09. The molecule has 0 aliphatic carbocycles. The van der Waals surface area contributed by atoms with Crippen molar-refractivity contribution >= 4 is 26.8 Å². The second-order valence-electron chi connectivity index (χ2n) is 6.66. The van der Waals surface area contributed by atoms with Crippen molar-refractivity contribution in [2.24, 2.45) is 7.05 Å². The summed E-state index contributed by atoms with van der Waals surface area (Å²) >= 11 is 1.77. The summed E-state index contributed by atoms with van der Waals surface area (Å²) in [4.78, 5) is 9.80. The molecule has 2 fully saturated rings. The van der Waals surface area contributed by atoms with Crippen molar-refractivity contribution in [2.75, 3.05) is 44.2 Å². The lowest BCUT2D eigenvalue weighted by Gasteiger charge is -2.26. The molecule has 0 saturated carbocycles. The van der Waals surface area contributed by atoms with Crippen LogP contribution in [0.15, 0.2) is 0 Å². The molecule has 4 heterocycles. The highest BCUT2D eigenvalue weighted by atomic mass is 32.1. The molecule has 23 heavy (non-hydrogen) atoms. The van der Waals surface area contributed by atoms with Crippen molar-refractivity contribution < 1.29 is 4.74 Å². The van der Waals surface area contributed by atoms with Gasteiger partial charge >= 0.3 is 0 Å². The zero-order valence-corrected chi connectivity index (χ0v) is 14.8. The zero-order valence-electron chi connectivity index (χ0n) is 14.0. The predicted octanol–water partition coefficient (Wildman–Crippen LogP) is 2.03. The third-order valence-electron chi connectivity index (χ3n) is 4.81. The highest BCUT2D eigenvalue weighted by molar-refractivity contribution is 7.22. The number of nitrogens with zero attached hydrogens (tertiary/aromatic N) is 5. The van der Waals surface area contributed by atoms with E-state index in [4.69, 9.17) is 9.72 Å². The maximum absolute atomic E-state index is 6.10. The molecule has 1 atom stereocenters. The van der Waals surface area contributed by atoms with Gasteiger partial charge in [0.1, 0.15) is 0 Å². The van der Waals surface area contributed by atoms with E-state index in [-0.39, 0.29) is 0 Å². The first-order valence-corrected chi connectivity index (χ1v) is 9.41. The summed E-state index contributed by atoms with van der Waals surface area (Å²) in [5.41, 5.74) is 2.08. The SMILES string of the molecule is Cc1nn(C)c2nc(N3CCCOC(CN4CCCC4)C3)sc12. The topological polar surface area (TPSA) is 46.4 Å². The maximum Gasteiger partial charge on any atom is 0.188 e. The van der Waals surface area contributed by atoms with Crippen LogP contribution in [0.5, 0.6) is 0 Å². The van der Waals surface area contributed by atoms with Gasteiger partial charge < -0.3 is 14.5 Å². The Bertz CT molecular complexity index is 641. The fourth-order valence-corrected chi connectivity index (χ4v) is 4.71. The number of anilines is 1. The summed E-state index contributed by atoms with van der Waals surface area (Å²) in [6.45, 7) is 8.41. The molecule has 2 aromatic heterocycles. The molecule has 0 bridgehead atoms. The average Bonchev–Trinajstić information content (AvgIpc) is 3.19. The summed E-state index contributed by atoms with van der Waals surface area (Å²) < 4.78 is 9.20. The van der Waals surface area contributed by atoms with E-state index in [9.17, 15) is 0 Å². The fraction of sp³-hybridized carbons (Fsp3) is 0.750. The quantitative estimate of drug-likeness (QED) is 0.859. The van der Waals surface area contributed by atoms with Gasteiger partial charge in [0.05, 0.1) is 16.5 Å². The number of rotatable bonds is 3. The number of aromatic nitrogens is 3. The Labute approximate surface area is 141 Å². The molecule has 2 aromatic rings. The second kappa shape index (κ2) is 6.37. The smallest absolute Gasteiger partial charge is 0.188 e. The van der Waals surface area contributed by atoms with Gasteiger partial charge in [0.15, 0.2) is 10.8 Å². The van der Waals surface area contributed by atoms with E-state index in [1.807, 2.05) is 11.7 Å². The number of ether oxygens (including phenoxy) is 1. The summed E-state index contributed by atoms with van der Waals surface area (Å²) in [6.07, 6.45) is 4.03. The van der Waals surface area contributed by atoms with E-state index in [0.29, 0.717) is 6.10 Å². The van der Waals surface area contributed by atoms with Crippen LogP contribution in [-0.2, 0) is 11.8 Å². The standard InChI is InChI=1S/C16H25N5OS/c1-12-14-15(19(2)18-12)17-16(23-14)21-8-5-9-22-13(11-21)10-20-6-3-4-7-20/h13H,3-11H2,1-2H3. The first-order valence-electron chi connectivity index (χ1n) is 8.60. The van der Waals surface area contributed by atoms with Crippen molar-refractivity contribution in [1.29, 1.82) is 0 Å². The van der Waals surface area contributed by atoms with E-state index in [1.165, 1.54) is 30.6 Å². The molecule has 0 radical (unpaired) electrons. The molecule has 0 aromatic carbocycles. The van der Waals surface area contributed by atoms with Gasteiger partial charge in [-0.25, -0.2) is 9.67 Å². The number of thiazole rings is 1. The Balaban J connectivity index is 1.52. The summed E-state index contributed by atoms with van der Waals surface area (Å²) in [7, 11) is 1.97. The zero-order chi connectivity index (χ0) is 15.8. The van der Waals surface area contributed by atoms with Crippen LogP contribution < -0.4 is 4.90 Å². The normalized spacial score (nSPS) is 23.7. The lowest BCUT2D eigenvalue weighted by molar-refractivity contribution is 0.0451. The van der Waals surface area contributed by atoms with Crippen LogP contribution in [0, 0.1) is 6.92 Å². The van der Waals surface area contributed by atoms with Gasteiger partial charge in [-0.05, 0) is 39.3 Å². The maximum atomic E-state index is 6.10. The molecule has 0 spiro atoms. The van der Waals surface area contributed by atoms with E-state index in [2.05, 4.69) is 21.8 Å². The van der Waals surface area contributed by atoms with E-state index >= 15 is 0 Å². The van der Waals surface area contributed by atoms with E-state index in [1.54, 1.807) is 11.3 Å². The molecular formula is C16H25N5OS. The first kappa shape index (κ1) is 15.4. The van der Waals surface area contributed by atoms with Crippen LogP contribution in [0.2, 0.25) is 0 Å². The first-order chi connectivity index (χ1) is 11.2. The van der Waals surface area contributed by atoms with Crippen molar-refractivity contribution in [3.63, 3.8) is 0 Å². The largest absolute Gasteiger partial charge is 0.375 e. The van der Waals surface area contributed by atoms with Gasteiger partial charge in [0.25, 0.3) is 0 Å². The summed E-state index contributed by atoms with van der Waals surface area (Å²) in [6, 6.07) is 0. The number of likely N-dealkylation sites (tertiary alicyclic amines) is 1. The molecule has 4 rings (SSSR count). The molecule has 6 nitrogen and oxygen atoms in total. The van der Waals surface area contributed by atoms with Crippen LogP contribution in [0.3, 0.4) is 0 Å². The van der Waals surface area contributed by atoms with Gasteiger partial charge in [-0.15, -0.1) is 0 Å². The minimum Gasteiger partial charge on any atom is -0.375 e. The Morgan fingerprint density at radius 1 is 1.22 bits per heavy atom. The summed E-state index contributed by atoms with van der Waals surface area (Å²) in [5, 5.41) is 5.57. The molecule has 1 unspecified atom stereocenters. The van der Waals surface area contributed by atoms with Crippen molar-refractivity contribution in [2.45, 2.75) is 32.3 Å². The number of aryl methyl sites for hydroxylation is 2. The number of fused-ring (bicyclic) bond motifs is 1. The van der Waals surface area contributed by atoms with Crippen molar-refractivity contribution in [1.82, 2.24) is 19.7 Å². The second-order valence-corrected chi connectivity index (χ2v) is 7.64. The third-order valence-corrected chi connectivity index (χ3v) is 6.03. The monoisotopic (exact) mass is 335 g/mol. The van der Waals surface area contributed by atoms with Gasteiger partial charge in [0.2, 0.25) is 0 Å². The van der Waals surface area contributed by atoms with Gasteiger partial charge in [0, 0.05) is 33.3 Å². The highest BCUT2D eigenvalue weighted by Gasteiger charge is 2.25. The molecule has 2 aliphatic heterocycles. The molecular weight excluding hydrogens is 310 g/mol. The molecule has 0 amide bonds. The van der Waals surface area contributed by atoms with Gasteiger partial charge in [-0.3, -0.25) is 0 Å².